The van der Waals surface area contributed by atoms with Crippen molar-refractivity contribution in [3.8, 4) is 0 Å². The van der Waals surface area contributed by atoms with Crippen molar-refractivity contribution in [1.82, 2.24) is 4.98 Å². The zero-order chi connectivity index (χ0) is 10.4. The van der Waals surface area contributed by atoms with Crippen molar-refractivity contribution >= 4 is 27.7 Å². The SMILES string of the molecule is O=C(O)CCCNc1cc(Br)ccn1. The molecule has 0 fully saturated rings. The van der Waals surface area contributed by atoms with Crippen molar-refractivity contribution in [3.05, 3.63) is 22.8 Å². The fourth-order valence-corrected chi connectivity index (χ4v) is 1.29. The standard InChI is InChI=1S/C9H11BrN2O2/c10-7-3-5-12-8(6-7)11-4-1-2-9(13)14/h3,5-6H,1-2,4H2,(H,11,12)(H,13,14). The number of anilines is 1. The van der Waals surface area contributed by atoms with Crippen molar-refractivity contribution < 1.29 is 9.90 Å². The lowest BCUT2D eigenvalue weighted by atomic mass is 10.3. The van der Waals surface area contributed by atoms with Gasteiger partial charge < -0.3 is 10.4 Å². The highest BCUT2D eigenvalue weighted by atomic mass is 79.9. The number of aromatic nitrogens is 1. The van der Waals surface area contributed by atoms with Crippen LogP contribution in [0, 0.1) is 0 Å². The van der Waals surface area contributed by atoms with Crippen molar-refractivity contribution in [1.29, 1.82) is 0 Å². The number of hydrogen-bond acceptors (Lipinski definition) is 3. The van der Waals surface area contributed by atoms with Gasteiger partial charge in [0.05, 0.1) is 0 Å². The van der Waals surface area contributed by atoms with E-state index in [9.17, 15) is 4.79 Å². The molecule has 2 N–H and O–H groups in total. The predicted octanol–water partition coefficient (Wildman–Crippen LogP) is 2.12. The normalized spacial score (nSPS) is 9.79. The minimum absolute atomic E-state index is 0.182. The summed E-state index contributed by atoms with van der Waals surface area (Å²) >= 11 is 3.32. The number of carbonyl (C=O) groups is 1. The van der Waals surface area contributed by atoms with E-state index in [1.54, 1.807) is 6.20 Å². The number of hydrogen-bond donors (Lipinski definition) is 2. The van der Waals surface area contributed by atoms with Crippen LogP contribution in [0.5, 0.6) is 0 Å². The summed E-state index contributed by atoms with van der Waals surface area (Å²) in [6, 6.07) is 3.68. The van der Waals surface area contributed by atoms with Gasteiger partial charge in [0, 0.05) is 23.6 Å². The third-order valence-electron chi connectivity index (χ3n) is 1.60. The quantitative estimate of drug-likeness (QED) is 0.795. The lowest BCUT2D eigenvalue weighted by molar-refractivity contribution is -0.137. The van der Waals surface area contributed by atoms with Crippen LogP contribution in [0.4, 0.5) is 5.82 Å². The molecule has 0 amide bonds. The van der Waals surface area contributed by atoms with Gasteiger partial charge in [0.25, 0.3) is 0 Å². The molecule has 0 bridgehead atoms. The van der Waals surface area contributed by atoms with Crippen molar-refractivity contribution in [3.63, 3.8) is 0 Å². The molecule has 5 heteroatoms. The molecule has 0 aromatic carbocycles. The Bertz CT molecular complexity index is 317. The van der Waals surface area contributed by atoms with Gasteiger partial charge in [-0.3, -0.25) is 4.79 Å². The molecule has 0 aliphatic carbocycles. The molecule has 0 saturated heterocycles. The van der Waals surface area contributed by atoms with Gasteiger partial charge in [-0.05, 0) is 18.6 Å². The van der Waals surface area contributed by atoms with Crippen LogP contribution in [0.25, 0.3) is 0 Å². The van der Waals surface area contributed by atoms with Crippen molar-refractivity contribution in [2.45, 2.75) is 12.8 Å². The Morgan fingerprint density at radius 2 is 2.43 bits per heavy atom. The van der Waals surface area contributed by atoms with E-state index in [-0.39, 0.29) is 6.42 Å². The van der Waals surface area contributed by atoms with Crippen LogP contribution in [0.3, 0.4) is 0 Å². The summed E-state index contributed by atoms with van der Waals surface area (Å²) in [6.07, 6.45) is 2.47. The zero-order valence-electron chi connectivity index (χ0n) is 7.53. The molecule has 0 aliphatic heterocycles. The number of aliphatic carboxylic acids is 1. The minimum atomic E-state index is -0.769. The number of carboxylic acids is 1. The molecule has 14 heavy (non-hydrogen) atoms. The van der Waals surface area contributed by atoms with Gasteiger partial charge >= 0.3 is 5.97 Å². The molecule has 1 aromatic rings. The smallest absolute Gasteiger partial charge is 0.303 e. The fourth-order valence-electron chi connectivity index (χ4n) is 0.958. The van der Waals surface area contributed by atoms with E-state index in [0.29, 0.717) is 13.0 Å². The largest absolute Gasteiger partial charge is 0.481 e. The van der Waals surface area contributed by atoms with Gasteiger partial charge in [0.1, 0.15) is 5.82 Å². The minimum Gasteiger partial charge on any atom is -0.481 e. The van der Waals surface area contributed by atoms with Crippen LogP contribution in [-0.2, 0) is 4.79 Å². The molecule has 0 unspecified atom stereocenters. The molecule has 1 heterocycles. The third kappa shape index (κ3) is 4.23. The highest BCUT2D eigenvalue weighted by Gasteiger charge is 1.97. The topological polar surface area (TPSA) is 62.2 Å². The van der Waals surface area contributed by atoms with Crippen LogP contribution >= 0.6 is 15.9 Å². The first-order valence-corrected chi connectivity index (χ1v) is 5.05. The van der Waals surface area contributed by atoms with E-state index in [1.165, 1.54) is 0 Å². The molecule has 4 nitrogen and oxygen atoms in total. The van der Waals surface area contributed by atoms with E-state index >= 15 is 0 Å². The maximum Gasteiger partial charge on any atom is 0.303 e. The Kier molecular flexibility index (Phi) is 4.39. The summed E-state index contributed by atoms with van der Waals surface area (Å²) in [5.74, 6) is -0.0150. The molecule has 0 aliphatic rings. The van der Waals surface area contributed by atoms with Crippen molar-refractivity contribution in [2.24, 2.45) is 0 Å². The molecular weight excluding hydrogens is 248 g/mol. The molecular formula is C9H11BrN2O2. The maximum atomic E-state index is 10.2. The third-order valence-corrected chi connectivity index (χ3v) is 2.09. The molecule has 0 radical (unpaired) electrons. The van der Waals surface area contributed by atoms with E-state index < -0.39 is 5.97 Å². The van der Waals surface area contributed by atoms with Crippen LogP contribution in [0.15, 0.2) is 22.8 Å². The second kappa shape index (κ2) is 5.59. The summed E-state index contributed by atoms with van der Waals surface area (Å²) in [7, 11) is 0. The number of pyridine rings is 1. The Morgan fingerprint density at radius 3 is 3.07 bits per heavy atom. The van der Waals surface area contributed by atoms with E-state index in [1.807, 2.05) is 12.1 Å². The lowest BCUT2D eigenvalue weighted by Gasteiger charge is -2.03. The lowest BCUT2D eigenvalue weighted by Crippen LogP contribution is -2.05. The van der Waals surface area contributed by atoms with Crippen LogP contribution < -0.4 is 5.32 Å². The average Bonchev–Trinajstić information content (AvgIpc) is 2.12. The number of carboxylic acid groups (broad SMARTS) is 1. The molecule has 0 spiro atoms. The molecule has 1 aromatic heterocycles. The van der Waals surface area contributed by atoms with Gasteiger partial charge in [-0.25, -0.2) is 4.98 Å². The first kappa shape index (κ1) is 11.0. The molecule has 76 valence electrons. The van der Waals surface area contributed by atoms with Gasteiger partial charge in [-0.15, -0.1) is 0 Å². The van der Waals surface area contributed by atoms with E-state index in [4.69, 9.17) is 5.11 Å². The van der Waals surface area contributed by atoms with Crippen LogP contribution in [-0.4, -0.2) is 22.6 Å². The highest BCUT2D eigenvalue weighted by molar-refractivity contribution is 9.10. The second-order valence-corrected chi connectivity index (χ2v) is 3.70. The van der Waals surface area contributed by atoms with Gasteiger partial charge in [0.15, 0.2) is 0 Å². The Hall–Kier alpha value is -1.10. The van der Waals surface area contributed by atoms with Crippen LogP contribution in [0.2, 0.25) is 0 Å². The van der Waals surface area contributed by atoms with Crippen LogP contribution in [0.1, 0.15) is 12.8 Å². The summed E-state index contributed by atoms with van der Waals surface area (Å²) < 4.78 is 0.952. The van der Waals surface area contributed by atoms with Gasteiger partial charge in [0.2, 0.25) is 0 Å². The molecule has 0 saturated carbocycles. The number of nitrogens with zero attached hydrogens (tertiary/aromatic N) is 1. The monoisotopic (exact) mass is 258 g/mol. The first-order chi connectivity index (χ1) is 6.68. The zero-order valence-corrected chi connectivity index (χ0v) is 9.12. The van der Waals surface area contributed by atoms with Crippen molar-refractivity contribution in [2.75, 3.05) is 11.9 Å². The average molecular weight is 259 g/mol. The Balaban J connectivity index is 2.28. The fraction of sp³-hybridized carbons (Fsp3) is 0.333. The van der Waals surface area contributed by atoms with Gasteiger partial charge in [-0.2, -0.15) is 0 Å². The number of rotatable bonds is 5. The Labute approximate surface area is 90.5 Å². The predicted molar refractivity (Wildman–Crippen MR) is 57.3 cm³/mol. The Morgan fingerprint density at radius 1 is 1.64 bits per heavy atom. The first-order valence-electron chi connectivity index (χ1n) is 4.25. The highest BCUT2D eigenvalue weighted by Crippen LogP contribution is 2.12. The summed E-state index contributed by atoms with van der Waals surface area (Å²) in [5.41, 5.74) is 0. The number of halogens is 1. The van der Waals surface area contributed by atoms with E-state index in [2.05, 4.69) is 26.2 Å². The van der Waals surface area contributed by atoms with Gasteiger partial charge in [-0.1, -0.05) is 15.9 Å². The molecule has 1 rings (SSSR count). The summed E-state index contributed by atoms with van der Waals surface area (Å²) in [4.78, 5) is 14.3. The number of nitrogens with one attached hydrogen (secondary N) is 1. The summed E-state index contributed by atoms with van der Waals surface area (Å²) in [5, 5.41) is 11.4. The maximum absolute atomic E-state index is 10.2. The van der Waals surface area contributed by atoms with E-state index in [0.717, 1.165) is 10.3 Å². The second-order valence-electron chi connectivity index (χ2n) is 2.78. The summed E-state index contributed by atoms with van der Waals surface area (Å²) in [6.45, 7) is 0.621. The molecule has 0 atom stereocenters.